The predicted octanol–water partition coefficient (Wildman–Crippen LogP) is 1.41. The second-order valence-corrected chi connectivity index (χ2v) is 5.41. The average molecular weight is 268 g/mol. The van der Waals surface area contributed by atoms with Gasteiger partial charge < -0.3 is 15.3 Å². The van der Waals surface area contributed by atoms with E-state index < -0.39 is 11.9 Å². The van der Waals surface area contributed by atoms with Gasteiger partial charge in [0, 0.05) is 19.1 Å². The standard InChI is InChI=1S/C12H16N2O3S/c1-8(4-9-2-3-18-7-9)13-12(17)14-5-10(6-14)11(15)16/h2-3,7-8,10H,4-6H2,1H3,(H,13,17)(H,15,16). The van der Waals surface area contributed by atoms with Crippen molar-refractivity contribution in [2.75, 3.05) is 13.1 Å². The molecule has 1 aromatic rings. The maximum atomic E-state index is 11.8. The Labute approximate surface area is 109 Å². The molecule has 2 heterocycles. The van der Waals surface area contributed by atoms with Crippen LogP contribution >= 0.6 is 11.3 Å². The number of carboxylic acids is 1. The van der Waals surface area contributed by atoms with Crippen LogP contribution in [0.15, 0.2) is 16.8 Å². The van der Waals surface area contributed by atoms with Gasteiger partial charge in [-0.15, -0.1) is 0 Å². The summed E-state index contributed by atoms with van der Waals surface area (Å²) < 4.78 is 0. The molecule has 0 radical (unpaired) electrons. The van der Waals surface area contributed by atoms with Gasteiger partial charge in [-0.1, -0.05) is 0 Å². The summed E-state index contributed by atoms with van der Waals surface area (Å²) >= 11 is 1.64. The first-order chi connectivity index (χ1) is 8.56. The van der Waals surface area contributed by atoms with Gasteiger partial charge in [0.25, 0.3) is 0 Å². The predicted molar refractivity (Wildman–Crippen MR) is 68.7 cm³/mol. The molecule has 0 aromatic carbocycles. The van der Waals surface area contributed by atoms with Crippen molar-refractivity contribution >= 4 is 23.3 Å². The van der Waals surface area contributed by atoms with E-state index in [0.717, 1.165) is 6.42 Å². The average Bonchev–Trinajstić information content (AvgIpc) is 2.66. The molecule has 6 heteroatoms. The molecule has 1 unspecified atom stereocenters. The third-order valence-corrected chi connectivity index (χ3v) is 3.74. The summed E-state index contributed by atoms with van der Waals surface area (Å²) in [7, 11) is 0. The van der Waals surface area contributed by atoms with E-state index >= 15 is 0 Å². The Hall–Kier alpha value is -1.56. The summed E-state index contributed by atoms with van der Waals surface area (Å²) in [6.07, 6.45) is 0.797. The van der Waals surface area contributed by atoms with Crippen molar-refractivity contribution in [3.05, 3.63) is 22.4 Å². The molecule has 98 valence electrons. The Bertz CT molecular complexity index is 427. The van der Waals surface area contributed by atoms with E-state index in [4.69, 9.17) is 5.11 Å². The fraction of sp³-hybridized carbons (Fsp3) is 0.500. The lowest BCUT2D eigenvalue weighted by Gasteiger charge is -2.37. The molecular weight excluding hydrogens is 252 g/mol. The van der Waals surface area contributed by atoms with Crippen LogP contribution in [0.3, 0.4) is 0 Å². The zero-order chi connectivity index (χ0) is 13.1. The molecule has 0 bridgehead atoms. The highest BCUT2D eigenvalue weighted by Crippen LogP contribution is 2.16. The maximum Gasteiger partial charge on any atom is 0.317 e. The summed E-state index contributed by atoms with van der Waals surface area (Å²) in [5.41, 5.74) is 1.21. The van der Waals surface area contributed by atoms with Gasteiger partial charge in [0.15, 0.2) is 0 Å². The van der Waals surface area contributed by atoms with Gasteiger partial charge in [0.05, 0.1) is 5.92 Å². The molecule has 0 aliphatic carbocycles. The largest absolute Gasteiger partial charge is 0.481 e. The highest BCUT2D eigenvalue weighted by molar-refractivity contribution is 7.07. The third kappa shape index (κ3) is 3.01. The SMILES string of the molecule is CC(Cc1ccsc1)NC(=O)N1CC(C(=O)O)C1. The minimum absolute atomic E-state index is 0.0518. The van der Waals surface area contributed by atoms with Crippen molar-refractivity contribution in [2.24, 2.45) is 5.92 Å². The van der Waals surface area contributed by atoms with Gasteiger partial charge in [-0.25, -0.2) is 4.79 Å². The molecule has 0 spiro atoms. The maximum absolute atomic E-state index is 11.8. The number of amides is 2. The number of thiophene rings is 1. The number of rotatable bonds is 4. The second kappa shape index (κ2) is 5.39. The van der Waals surface area contributed by atoms with E-state index in [1.54, 1.807) is 11.3 Å². The molecule has 1 aliphatic heterocycles. The van der Waals surface area contributed by atoms with Crippen LogP contribution in [0.25, 0.3) is 0 Å². The number of hydrogen-bond acceptors (Lipinski definition) is 3. The first-order valence-electron chi connectivity index (χ1n) is 5.85. The van der Waals surface area contributed by atoms with Crippen LogP contribution in [-0.2, 0) is 11.2 Å². The third-order valence-electron chi connectivity index (χ3n) is 3.01. The highest BCUT2D eigenvalue weighted by Gasteiger charge is 2.35. The normalized spacial score (nSPS) is 17.1. The van der Waals surface area contributed by atoms with Crippen molar-refractivity contribution in [2.45, 2.75) is 19.4 Å². The lowest BCUT2D eigenvalue weighted by molar-refractivity contribution is -0.146. The molecule has 2 amide bonds. The highest BCUT2D eigenvalue weighted by atomic mass is 32.1. The van der Waals surface area contributed by atoms with E-state index in [2.05, 4.69) is 10.7 Å². The smallest absolute Gasteiger partial charge is 0.317 e. The van der Waals surface area contributed by atoms with Crippen molar-refractivity contribution in [1.29, 1.82) is 0 Å². The van der Waals surface area contributed by atoms with Gasteiger partial charge in [-0.05, 0) is 35.7 Å². The minimum Gasteiger partial charge on any atom is -0.481 e. The lowest BCUT2D eigenvalue weighted by atomic mass is 10.0. The first kappa shape index (κ1) is 12.9. The quantitative estimate of drug-likeness (QED) is 0.867. The summed E-state index contributed by atoms with van der Waals surface area (Å²) in [4.78, 5) is 23.9. The van der Waals surface area contributed by atoms with E-state index in [9.17, 15) is 9.59 Å². The van der Waals surface area contributed by atoms with Crippen molar-refractivity contribution in [3.63, 3.8) is 0 Å². The fourth-order valence-electron chi connectivity index (χ4n) is 1.92. The second-order valence-electron chi connectivity index (χ2n) is 4.63. The van der Waals surface area contributed by atoms with E-state index in [1.807, 2.05) is 18.4 Å². The van der Waals surface area contributed by atoms with E-state index in [-0.39, 0.29) is 12.1 Å². The molecular formula is C12H16N2O3S. The van der Waals surface area contributed by atoms with Crippen LogP contribution < -0.4 is 5.32 Å². The van der Waals surface area contributed by atoms with Crippen molar-refractivity contribution < 1.29 is 14.7 Å². The van der Waals surface area contributed by atoms with Crippen LogP contribution in [0, 0.1) is 5.92 Å². The van der Waals surface area contributed by atoms with E-state index in [0.29, 0.717) is 13.1 Å². The number of nitrogens with one attached hydrogen (secondary N) is 1. The number of likely N-dealkylation sites (tertiary alicyclic amines) is 1. The summed E-state index contributed by atoms with van der Waals surface area (Å²) in [6, 6.07) is 1.92. The summed E-state index contributed by atoms with van der Waals surface area (Å²) in [5.74, 6) is -1.23. The molecule has 1 atom stereocenters. The van der Waals surface area contributed by atoms with Crippen molar-refractivity contribution in [3.8, 4) is 0 Å². The molecule has 1 saturated heterocycles. The number of aliphatic carboxylic acids is 1. The molecule has 1 fully saturated rings. The Morgan fingerprint density at radius 3 is 2.89 bits per heavy atom. The van der Waals surface area contributed by atoms with Gasteiger partial charge in [0.2, 0.25) is 0 Å². The Balaban J connectivity index is 1.73. The molecule has 2 N–H and O–H groups in total. The van der Waals surface area contributed by atoms with Gasteiger partial charge >= 0.3 is 12.0 Å². The monoisotopic (exact) mass is 268 g/mol. The first-order valence-corrected chi connectivity index (χ1v) is 6.80. The zero-order valence-corrected chi connectivity index (χ0v) is 10.9. The number of carbonyl (C=O) groups is 2. The van der Waals surface area contributed by atoms with Gasteiger partial charge in [0.1, 0.15) is 0 Å². The van der Waals surface area contributed by atoms with E-state index in [1.165, 1.54) is 10.5 Å². The van der Waals surface area contributed by atoms with Crippen LogP contribution in [0.1, 0.15) is 12.5 Å². The van der Waals surface area contributed by atoms with Gasteiger partial charge in [-0.3, -0.25) is 4.79 Å². The number of nitrogens with zero attached hydrogens (tertiary/aromatic N) is 1. The number of carbonyl (C=O) groups excluding carboxylic acids is 1. The number of carboxylic acid groups (broad SMARTS) is 1. The van der Waals surface area contributed by atoms with Crippen molar-refractivity contribution in [1.82, 2.24) is 10.2 Å². The van der Waals surface area contributed by atoms with Crippen LogP contribution in [0.2, 0.25) is 0 Å². The zero-order valence-electron chi connectivity index (χ0n) is 10.1. The number of hydrogen-bond donors (Lipinski definition) is 2. The molecule has 18 heavy (non-hydrogen) atoms. The fourth-order valence-corrected chi connectivity index (χ4v) is 2.60. The van der Waals surface area contributed by atoms with Crippen LogP contribution in [-0.4, -0.2) is 41.1 Å². The molecule has 2 rings (SSSR count). The molecule has 5 nitrogen and oxygen atoms in total. The summed E-state index contributed by atoms with van der Waals surface area (Å²) in [5, 5.41) is 15.7. The Kier molecular flexibility index (Phi) is 3.86. The molecule has 1 aromatic heterocycles. The molecule has 0 saturated carbocycles. The van der Waals surface area contributed by atoms with Crippen LogP contribution in [0.4, 0.5) is 4.79 Å². The lowest BCUT2D eigenvalue weighted by Crippen LogP contribution is -2.57. The van der Waals surface area contributed by atoms with Crippen LogP contribution in [0.5, 0.6) is 0 Å². The molecule has 1 aliphatic rings. The Morgan fingerprint density at radius 1 is 1.61 bits per heavy atom. The number of urea groups is 1. The van der Waals surface area contributed by atoms with Gasteiger partial charge in [-0.2, -0.15) is 11.3 Å². The Morgan fingerprint density at radius 2 is 2.33 bits per heavy atom. The topological polar surface area (TPSA) is 69.6 Å². The summed E-state index contributed by atoms with van der Waals surface area (Å²) in [6.45, 7) is 2.57. The minimum atomic E-state index is -0.828.